The highest BCUT2D eigenvalue weighted by Crippen LogP contribution is 2.31. The summed E-state index contributed by atoms with van der Waals surface area (Å²) in [6.45, 7) is 1.83. The summed E-state index contributed by atoms with van der Waals surface area (Å²) in [6.07, 6.45) is 0.00564. The number of para-hydroxylation sites is 1. The molecule has 0 spiro atoms. The molecular formula is C19H19ClN4O3S. The maximum Gasteiger partial charge on any atom is 0.240 e. The SMILES string of the molecule is COc1cc(Cl)c(C)cc1NC(=O)C[C@@H]1S/C(=N/Nc2ccccc2)NC1=O. The molecule has 0 radical (unpaired) electrons. The number of carbonyl (C=O) groups excluding carboxylic acids is 2. The highest BCUT2D eigenvalue weighted by Gasteiger charge is 2.32. The van der Waals surface area contributed by atoms with E-state index in [2.05, 4.69) is 21.2 Å². The normalized spacial score (nSPS) is 17.3. The molecule has 0 unspecified atom stereocenters. The van der Waals surface area contributed by atoms with Gasteiger partial charge in [-0.2, -0.15) is 0 Å². The van der Waals surface area contributed by atoms with Crippen LogP contribution in [0.4, 0.5) is 11.4 Å². The summed E-state index contributed by atoms with van der Waals surface area (Å²) in [7, 11) is 1.50. The summed E-state index contributed by atoms with van der Waals surface area (Å²) < 4.78 is 5.25. The summed E-state index contributed by atoms with van der Waals surface area (Å²) in [4.78, 5) is 24.6. The number of amides is 2. The number of hydrogen-bond donors (Lipinski definition) is 3. The Bertz CT molecular complexity index is 921. The molecule has 0 bridgehead atoms. The molecule has 1 heterocycles. The number of rotatable bonds is 6. The summed E-state index contributed by atoms with van der Waals surface area (Å²) in [6, 6.07) is 12.7. The monoisotopic (exact) mass is 418 g/mol. The van der Waals surface area contributed by atoms with Gasteiger partial charge in [0.25, 0.3) is 0 Å². The molecule has 1 saturated heterocycles. The molecule has 7 nitrogen and oxygen atoms in total. The zero-order chi connectivity index (χ0) is 20.1. The minimum absolute atomic E-state index is 0.00564. The van der Waals surface area contributed by atoms with Crippen molar-refractivity contribution < 1.29 is 14.3 Å². The third-order valence-corrected chi connectivity index (χ3v) is 5.45. The third-order valence-electron chi connectivity index (χ3n) is 3.96. The Morgan fingerprint density at radius 2 is 2.07 bits per heavy atom. The number of methoxy groups -OCH3 is 1. The van der Waals surface area contributed by atoms with Crippen molar-refractivity contribution >= 4 is 51.7 Å². The van der Waals surface area contributed by atoms with Crippen molar-refractivity contribution in [2.24, 2.45) is 5.10 Å². The molecule has 9 heteroatoms. The van der Waals surface area contributed by atoms with Crippen LogP contribution in [0.3, 0.4) is 0 Å². The number of carbonyl (C=O) groups is 2. The maximum atomic E-state index is 12.4. The highest BCUT2D eigenvalue weighted by molar-refractivity contribution is 8.15. The van der Waals surface area contributed by atoms with Gasteiger partial charge in [0.15, 0.2) is 5.17 Å². The molecule has 2 amide bonds. The van der Waals surface area contributed by atoms with E-state index < -0.39 is 5.25 Å². The Kier molecular flexibility index (Phi) is 6.43. The lowest BCUT2D eigenvalue weighted by atomic mass is 10.2. The average Bonchev–Trinajstić information content (AvgIpc) is 3.03. The van der Waals surface area contributed by atoms with Crippen molar-refractivity contribution in [3.63, 3.8) is 0 Å². The lowest BCUT2D eigenvalue weighted by Crippen LogP contribution is -2.28. The molecule has 0 aromatic heterocycles. The van der Waals surface area contributed by atoms with Gasteiger partial charge in [0.2, 0.25) is 11.8 Å². The van der Waals surface area contributed by atoms with E-state index in [1.165, 1.54) is 18.9 Å². The second-order valence-electron chi connectivity index (χ2n) is 6.04. The van der Waals surface area contributed by atoms with Crippen molar-refractivity contribution in [1.82, 2.24) is 5.32 Å². The summed E-state index contributed by atoms with van der Waals surface area (Å²) >= 11 is 7.29. The molecule has 3 rings (SSSR count). The number of halogens is 1. The largest absolute Gasteiger partial charge is 0.495 e. The quantitative estimate of drug-likeness (QED) is 0.623. The first-order valence-corrected chi connectivity index (χ1v) is 9.72. The predicted octanol–water partition coefficient (Wildman–Crippen LogP) is 3.60. The van der Waals surface area contributed by atoms with Crippen LogP contribution in [0.2, 0.25) is 5.02 Å². The number of aryl methyl sites for hydroxylation is 1. The van der Waals surface area contributed by atoms with Gasteiger partial charge in [-0.3, -0.25) is 15.0 Å². The van der Waals surface area contributed by atoms with Crippen LogP contribution in [0.1, 0.15) is 12.0 Å². The van der Waals surface area contributed by atoms with E-state index in [-0.39, 0.29) is 18.2 Å². The van der Waals surface area contributed by atoms with Crippen LogP contribution in [0.15, 0.2) is 47.6 Å². The fourth-order valence-electron chi connectivity index (χ4n) is 2.52. The second-order valence-corrected chi connectivity index (χ2v) is 7.64. The number of nitrogens with one attached hydrogen (secondary N) is 3. The average molecular weight is 419 g/mol. The Balaban J connectivity index is 1.60. The van der Waals surface area contributed by atoms with Gasteiger partial charge >= 0.3 is 0 Å². The first-order valence-electron chi connectivity index (χ1n) is 8.46. The van der Waals surface area contributed by atoms with Gasteiger partial charge < -0.3 is 15.4 Å². The number of ether oxygens (including phenoxy) is 1. The van der Waals surface area contributed by atoms with E-state index in [1.54, 1.807) is 12.1 Å². The third kappa shape index (κ3) is 4.96. The number of nitrogens with zero attached hydrogens (tertiary/aromatic N) is 1. The van der Waals surface area contributed by atoms with Crippen molar-refractivity contribution in [1.29, 1.82) is 0 Å². The van der Waals surface area contributed by atoms with Gasteiger partial charge in [-0.15, -0.1) is 5.10 Å². The summed E-state index contributed by atoms with van der Waals surface area (Å²) in [5, 5.41) is 10.0. The maximum absolute atomic E-state index is 12.4. The van der Waals surface area contributed by atoms with E-state index in [0.29, 0.717) is 21.6 Å². The van der Waals surface area contributed by atoms with Crippen LogP contribution in [0, 0.1) is 6.92 Å². The zero-order valence-electron chi connectivity index (χ0n) is 15.3. The fraction of sp³-hybridized carbons (Fsp3) is 0.211. The summed E-state index contributed by atoms with van der Waals surface area (Å²) in [5.41, 5.74) is 5.00. The number of hydrogen-bond acceptors (Lipinski definition) is 6. The van der Waals surface area contributed by atoms with Gasteiger partial charge in [0, 0.05) is 17.5 Å². The molecule has 1 atom stereocenters. The molecular weight excluding hydrogens is 400 g/mol. The van der Waals surface area contributed by atoms with Crippen LogP contribution in [-0.4, -0.2) is 29.3 Å². The Morgan fingerprint density at radius 1 is 1.32 bits per heavy atom. The summed E-state index contributed by atoms with van der Waals surface area (Å²) in [5.74, 6) is -0.0975. The van der Waals surface area contributed by atoms with Gasteiger partial charge in [0.05, 0.1) is 18.5 Å². The van der Waals surface area contributed by atoms with E-state index in [9.17, 15) is 9.59 Å². The van der Waals surface area contributed by atoms with Crippen LogP contribution in [-0.2, 0) is 9.59 Å². The molecule has 28 heavy (non-hydrogen) atoms. The van der Waals surface area contributed by atoms with Crippen LogP contribution in [0.25, 0.3) is 0 Å². The zero-order valence-corrected chi connectivity index (χ0v) is 16.9. The van der Waals surface area contributed by atoms with Crippen molar-refractivity contribution in [3.8, 4) is 5.75 Å². The van der Waals surface area contributed by atoms with E-state index in [1.807, 2.05) is 37.3 Å². The van der Waals surface area contributed by atoms with Crippen LogP contribution < -0.4 is 20.8 Å². The number of anilines is 2. The molecule has 1 aliphatic heterocycles. The lowest BCUT2D eigenvalue weighted by Gasteiger charge is -2.13. The Morgan fingerprint density at radius 3 is 2.79 bits per heavy atom. The van der Waals surface area contributed by atoms with Gasteiger partial charge in [-0.25, -0.2) is 0 Å². The number of amidine groups is 1. The highest BCUT2D eigenvalue weighted by atomic mass is 35.5. The number of thioether (sulfide) groups is 1. The molecule has 0 aliphatic carbocycles. The second kappa shape index (κ2) is 8.99. The van der Waals surface area contributed by atoms with Crippen LogP contribution >= 0.6 is 23.4 Å². The smallest absolute Gasteiger partial charge is 0.240 e. The predicted molar refractivity (Wildman–Crippen MR) is 113 cm³/mol. The lowest BCUT2D eigenvalue weighted by molar-refractivity contribution is -0.122. The van der Waals surface area contributed by atoms with E-state index in [4.69, 9.17) is 16.3 Å². The van der Waals surface area contributed by atoms with Gasteiger partial charge in [-0.1, -0.05) is 41.6 Å². The Labute approximate surface area is 171 Å². The van der Waals surface area contributed by atoms with Crippen molar-refractivity contribution in [2.75, 3.05) is 17.9 Å². The topological polar surface area (TPSA) is 91.8 Å². The van der Waals surface area contributed by atoms with E-state index in [0.717, 1.165) is 11.3 Å². The minimum Gasteiger partial charge on any atom is -0.495 e. The first kappa shape index (κ1) is 20.0. The van der Waals surface area contributed by atoms with Crippen molar-refractivity contribution in [2.45, 2.75) is 18.6 Å². The number of hydrazone groups is 1. The Hall–Kier alpha value is -2.71. The fourth-order valence-corrected chi connectivity index (χ4v) is 3.60. The standard InChI is InChI=1S/C19H19ClN4O3S/c1-11-8-14(15(27-2)9-13(11)20)21-17(25)10-16-18(26)22-19(28-16)24-23-12-6-4-3-5-7-12/h3-9,16,23H,10H2,1-2H3,(H,21,25)(H,22,24,26)/t16-/m0/s1. The minimum atomic E-state index is -0.560. The number of benzene rings is 2. The van der Waals surface area contributed by atoms with E-state index >= 15 is 0 Å². The van der Waals surface area contributed by atoms with Gasteiger partial charge in [-0.05, 0) is 30.7 Å². The molecule has 1 aliphatic rings. The molecule has 0 saturated carbocycles. The molecule has 146 valence electrons. The molecule has 2 aromatic rings. The molecule has 1 fully saturated rings. The molecule has 3 N–H and O–H groups in total. The first-order chi connectivity index (χ1) is 13.5. The van der Waals surface area contributed by atoms with Crippen LogP contribution in [0.5, 0.6) is 5.75 Å². The molecule has 2 aromatic carbocycles. The van der Waals surface area contributed by atoms with Crippen molar-refractivity contribution in [3.05, 3.63) is 53.1 Å². The van der Waals surface area contributed by atoms with Gasteiger partial charge in [0.1, 0.15) is 11.0 Å².